The van der Waals surface area contributed by atoms with Crippen LogP contribution in [-0.4, -0.2) is 30.6 Å². The Morgan fingerprint density at radius 3 is 2.50 bits per heavy atom. The maximum absolute atomic E-state index is 5.99. The smallest absolute Gasteiger partial charge is 0.0333 e. The summed E-state index contributed by atoms with van der Waals surface area (Å²) >= 11 is 0. The topological polar surface area (TPSA) is 29.3 Å². The third-order valence-electron chi connectivity index (χ3n) is 3.84. The molecule has 1 unspecified atom stereocenters. The zero-order valence-corrected chi connectivity index (χ0v) is 10.3. The van der Waals surface area contributed by atoms with Crippen molar-refractivity contribution in [3.05, 3.63) is 0 Å². The minimum atomic E-state index is 0.274. The van der Waals surface area contributed by atoms with E-state index in [9.17, 15) is 0 Å². The van der Waals surface area contributed by atoms with Crippen LogP contribution in [0.5, 0.6) is 0 Å². The first kappa shape index (κ1) is 12.0. The van der Waals surface area contributed by atoms with Crippen molar-refractivity contribution < 1.29 is 0 Å². The highest BCUT2D eigenvalue weighted by atomic mass is 15.2. The van der Waals surface area contributed by atoms with Crippen LogP contribution >= 0.6 is 0 Å². The van der Waals surface area contributed by atoms with Crippen molar-refractivity contribution in [1.82, 2.24) is 4.90 Å². The van der Waals surface area contributed by atoms with Crippen molar-refractivity contribution in [3.8, 4) is 0 Å². The summed E-state index contributed by atoms with van der Waals surface area (Å²) < 4.78 is 0. The van der Waals surface area contributed by atoms with E-state index in [1.54, 1.807) is 0 Å². The lowest BCUT2D eigenvalue weighted by atomic mass is 9.70. The second kappa shape index (κ2) is 4.19. The molecule has 1 aliphatic heterocycles. The van der Waals surface area contributed by atoms with E-state index in [1.807, 2.05) is 0 Å². The van der Waals surface area contributed by atoms with Crippen LogP contribution in [0.25, 0.3) is 0 Å². The third kappa shape index (κ3) is 2.29. The summed E-state index contributed by atoms with van der Waals surface area (Å²) in [5, 5.41) is 0. The Labute approximate surface area is 88.8 Å². The van der Waals surface area contributed by atoms with Gasteiger partial charge in [0, 0.05) is 12.1 Å². The quantitative estimate of drug-likeness (QED) is 0.753. The molecule has 0 spiro atoms. The molecule has 1 saturated heterocycles. The number of rotatable bonds is 3. The average Bonchev–Trinajstić information content (AvgIpc) is 2.11. The molecule has 0 aromatic carbocycles. The van der Waals surface area contributed by atoms with E-state index < -0.39 is 0 Å². The molecule has 1 fully saturated rings. The largest absolute Gasteiger partial charge is 0.329 e. The van der Waals surface area contributed by atoms with Crippen LogP contribution < -0.4 is 5.73 Å². The molecule has 2 N–H and O–H groups in total. The van der Waals surface area contributed by atoms with E-state index in [4.69, 9.17) is 5.73 Å². The van der Waals surface area contributed by atoms with E-state index in [0.29, 0.717) is 5.41 Å². The maximum atomic E-state index is 5.99. The lowest BCUT2D eigenvalue weighted by molar-refractivity contribution is 0.00749. The molecular formula is C12H26N2. The molecule has 84 valence electrons. The van der Waals surface area contributed by atoms with Gasteiger partial charge in [-0.1, -0.05) is 27.2 Å². The van der Waals surface area contributed by atoms with Crippen LogP contribution in [0, 0.1) is 5.41 Å². The van der Waals surface area contributed by atoms with Crippen molar-refractivity contribution in [2.24, 2.45) is 11.1 Å². The zero-order valence-electron chi connectivity index (χ0n) is 10.3. The van der Waals surface area contributed by atoms with Crippen LogP contribution in [0.2, 0.25) is 0 Å². The lowest BCUT2D eigenvalue weighted by Gasteiger charge is -2.51. The highest BCUT2D eigenvalue weighted by molar-refractivity contribution is 4.98. The van der Waals surface area contributed by atoms with Crippen LogP contribution in [0.4, 0.5) is 0 Å². The van der Waals surface area contributed by atoms with Crippen LogP contribution in [0.1, 0.15) is 46.5 Å². The van der Waals surface area contributed by atoms with E-state index in [0.717, 1.165) is 6.54 Å². The van der Waals surface area contributed by atoms with Crippen LogP contribution in [0.15, 0.2) is 0 Å². The second-order valence-corrected chi connectivity index (χ2v) is 5.69. The monoisotopic (exact) mass is 198 g/mol. The highest BCUT2D eigenvalue weighted by Gasteiger charge is 2.41. The highest BCUT2D eigenvalue weighted by Crippen LogP contribution is 2.41. The second-order valence-electron chi connectivity index (χ2n) is 5.69. The fourth-order valence-electron chi connectivity index (χ4n) is 2.90. The molecule has 0 aromatic heterocycles. The third-order valence-corrected chi connectivity index (χ3v) is 3.84. The molecule has 2 nitrogen and oxygen atoms in total. The normalized spacial score (nSPS) is 33.2. The van der Waals surface area contributed by atoms with Gasteiger partial charge in [-0.05, 0) is 38.3 Å². The SMILES string of the molecule is CCCC1(CN)CC(C)(C)CCN1C. The van der Waals surface area contributed by atoms with E-state index >= 15 is 0 Å². The van der Waals surface area contributed by atoms with Gasteiger partial charge in [0.2, 0.25) is 0 Å². The standard InChI is InChI=1S/C12H26N2/c1-5-6-12(10-13)9-11(2,3)7-8-14(12)4/h5-10,13H2,1-4H3. The van der Waals surface area contributed by atoms with Gasteiger partial charge in [-0.25, -0.2) is 0 Å². The maximum Gasteiger partial charge on any atom is 0.0333 e. The van der Waals surface area contributed by atoms with Gasteiger partial charge in [0.1, 0.15) is 0 Å². The minimum Gasteiger partial charge on any atom is -0.329 e. The van der Waals surface area contributed by atoms with E-state index in [-0.39, 0.29) is 5.54 Å². The first-order valence-electron chi connectivity index (χ1n) is 5.87. The molecule has 0 aromatic rings. The Kier molecular flexibility index (Phi) is 3.59. The van der Waals surface area contributed by atoms with Gasteiger partial charge < -0.3 is 5.73 Å². The number of nitrogens with zero attached hydrogens (tertiary/aromatic N) is 1. The first-order chi connectivity index (χ1) is 6.46. The fourth-order valence-corrected chi connectivity index (χ4v) is 2.90. The van der Waals surface area contributed by atoms with Crippen molar-refractivity contribution in [3.63, 3.8) is 0 Å². The number of hydrogen-bond donors (Lipinski definition) is 1. The van der Waals surface area contributed by atoms with Crippen molar-refractivity contribution >= 4 is 0 Å². The number of hydrogen-bond acceptors (Lipinski definition) is 2. The molecule has 1 heterocycles. The summed E-state index contributed by atoms with van der Waals surface area (Å²) in [6, 6.07) is 0. The molecule has 2 heteroatoms. The number of likely N-dealkylation sites (N-methyl/N-ethyl adjacent to an activating group) is 1. The van der Waals surface area contributed by atoms with E-state index in [1.165, 1.54) is 32.2 Å². The van der Waals surface area contributed by atoms with Gasteiger partial charge >= 0.3 is 0 Å². The van der Waals surface area contributed by atoms with Gasteiger partial charge in [-0.2, -0.15) is 0 Å². The molecule has 0 radical (unpaired) electrons. The van der Waals surface area contributed by atoms with E-state index in [2.05, 4.69) is 32.7 Å². The summed E-state index contributed by atoms with van der Waals surface area (Å²) in [6.45, 7) is 9.01. The molecular weight excluding hydrogens is 172 g/mol. The Hall–Kier alpha value is -0.0800. The van der Waals surface area contributed by atoms with Crippen LogP contribution in [-0.2, 0) is 0 Å². The number of piperidine rings is 1. The fraction of sp³-hybridized carbons (Fsp3) is 1.00. The van der Waals surface area contributed by atoms with Crippen molar-refractivity contribution in [2.75, 3.05) is 20.1 Å². The molecule has 1 rings (SSSR count). The lowest BCUT2D eigenvalue weighted by Crippen LogP contribution is -2.58. The summed E-state index contributed by atoms with van der Waals surface area (Å²) in [6.07, 6.45) is 5.02. The molecule has 14 heavy (non-hydrogen) atoms. The Balaban J connectivity index is 2.79. The Morgan fingerprint density at radius 2 is 2.00 bits per heavy atom. The minimum absolute atomic E-state index is 0.274. The predicted octanol–water partition coefficient (Wildman–Crippen LogP) is 2.24. The number of likely N-dealkylation sites (tertiary alicyclic amines) is 1. The van der Waals surface area contributed by atoms with Gasteiger partial charge in [-0.3, -0.25) is 4.90 Å². The summed E-state index contributed by atoms with van der Waals surface area (Å²) in [4.78, 5) is 2.49. The molecule has 0 amide bonds. The summed E-state index contributed by atoms with van der Waals surface area (Å²) in [5.74, 6) is 0. The molecule has 0 saturated carbocycles. The average molecular weight is 198 g/mol. The summed E-state index contributed by atoms with van der Waals surface area (Å²) in [5.41, 5.74) is 6.74. The van der Waals surface area contributed by atoms with Gasteiger partial charge in [0.25, 0.3) is 0 Å². The van der Waals surface area contributed by atoms with Crippen molar-refractivity contribution in [1.29, 1.82) is 0 Å². The van der Waals surface area contributed by atoms with Gasteiger partial charge in [0.05, 0.1) is 0 Å². The van der Waals surface area contributed by atoms with Crippen molar-refractivity contribution in [2.45, 2.75) is 52.0 Å². The molecule has 0 aliphatic carbocycles. The number of nitrogens with two attached hydrogens (primary N) is 1. The Morgan fingerprint density at radius 1 is 1.36 bits per heavy atom. The summed E-state index contributed by atoms with van der Waals surface area (Å²) in [7, 11) is 2.23. The van der Waals surface area contributed by atoms with Gasteiger partial charge in [0.15, 0.2) is 0 Å². The molecule has 1 aliphatic rings. The molecule has 1 atom stereocenters. The predicted molar refractivity (Wildman–Crippen MR) is 62.3 cm³/mol. The first-order valence-corrected chi connectivity index (χ1v) is 5.87. The van der Waals surface area contributed by atoms with Gasteiger partial charge in [-0.15, -0.1) is 0 Å². The zero-order chi connectivity index (χ0) is 10.8. The Bertz CT molecular complexity index is 189. The molecule has 0 bridgehead atoms. The van der Waals surface area contributed by atoms with Crippen LogP contribution in [0.3, 0.4) is 0 Å².